The SMILES string of the molecule is CCCN(C(=O)CSc1ccc(Cl)cc1)c1c(N)n(Cc2ccccc2)c(=O)[nH]c1=O. The number of hydrogen-bond donors (Lipinski definition) is 2. The number of aromatic amines is 1. The minimum absolute atomic E-state index is 0.000845. The molecule has 0 saturated carbocycles. The Morgan fingerprint density at radius 1 is 1.13 bits per heavy atom. The van der Waals surface area contributed by atoms with Crippen molar-refractivity contribution in [3.05, 3.63) is 86.0 Å². The van der Waals surface area contributed by atoms with Gasteiger partial charge in [0.05, 0.1) is 12.3 Å². The van der Waals surface area contributed by atoms with Crippen LogP contribution in [0.15, 0.2) is 69.1 Å². The third-order valence-electron chi connectivity index (χ3n) is 4.59. The van der Waals surface area contributed by atoms with Crippen LogP contribution in [0.4, 0.5) is 11.5 Å². The largest absolute Gasteiger partial charge is 0.383 e. The Hall–Kier alpha value is -2.97. The lowest BCUT2D eigenvalue weighted by atomic mass is 10.2. The summed E-state index contributed by atoms with van der Waals surface area (Å²) in [6, 6.07) is 16.4. The number of nitrogens with one attached hydrogen (secondary N) is 1. The molecule has 7 nitrogen and oxygen atoms in total. The summed E-state index contributed by atoms with van der Waals surface area (Å²) >= 11 is 7.24. The van der Waals surface area contributed by atoms with Gasteiger partial charge >= 0.3 is 5.69 Å². The van der Waals surface area contributed by atoms with Gasteiger partial charge in [0.25, 0.3) is 5.56 Å². The number of nitrogen functional groups attached to an aromatic ring is 1. The Labute approximate surface area is 188 Å². The first-order valence-corrected chi connectivity index (χ1v) is 11.1. The maximum atomic E-state index is 13.0. The maximum Gasteiger partial charge on any atom is 0.330 e. The van der Waals surface area contributed by atoms with Gasteiger partial charge in [-0.15, -0.1) is 11.8 Å². The summed E-state index contributed by atoms with van der Waals surface area (Å²) in [4.78, 5) is 42.6. The molecule has 0 saturated heterocycles. The summed E-state index contributed by atoms with van der Waals surface area (Å²) in [6.07, 6.45) is 0.619. The number of carbonyl (C=O) groups is 1. The van der Waals surface area contributed by atoms with Gasteiger partial charge in [0.2, 0.25) is 5.91 Å². The molecule has 0 bridgehead atoms. The fourth-order valence-electron chi connectivity index (χ4n) is 3.10. The molecule has 9 heteroatoms. The molecule has 0 atom stereocenters. The van der Waals surface area contributed by atoms with Crippen molar-refractivity contribution in [2.75, 3.05) is 22.9 Å². The molecule has 0 unspecified atom stereocenters. The number of nitrogens with zero attached hydrogens (tertiary/aromatic N) is 2. The fourth-order valence-corrected chi connectivity index (χ4v) is 4.00. The quantitative estimate of drug-likeness (QED) is 0.504. The third kappa shape index (κ3) is 5.59. The van der Waals surface area contributed by atoms with Crippen LogP contribution in [0.25, 0.3) is 0 Å². The van der Waals surface area contributed by atoms with Crippen LogP contribution in [0.5, 0.6) is 0 Å². The monoisotopic (exact) mass is 458 g/mol. The zero-order chi connectivity index (χ0) is 22.4. The van der Waals surface area contributed by atoms with Crippen molar-refractivity contribution in [2.45, 2.75) is 24.8 Å². The van der Waals surface area contributed by atoms with Crippen molar-refractivity contribution in [1.29, 1.82) is 0 Å². The topological polar surface area (TPSA) is 101 Å². The fraction of sp³-hybridized carbons (Fsp3) is 0.227. The summed E-state index contributed by atoms with van der Waals surface area (Å²) in [5, 5.41) is 0.614. The second-order valence-corrected chi connectivity index (χ2v) is 8.34. The Kier molecular flexibility index (Phi) is 7.59. The number of aromatic nitrogens is 2. The van der Waals surface area contributed by atoms with E-state index in [-0.39, 0.29) is 29.7 Å². The number of carbonyl (C=O) groups excluding carboxylic acids is 1. The lowest BCUT2D eigenvalue weighted by Gasteiger charge is -2.24. The molecule has 0 fully saturated rings. The van der Waals surface area contributed by atoms with Crippen molar-refractivity contribution in [2.24, 2.45) is 0 Å². The molecule has 3 aromatic rings. The predicted molar refractivity (Wildman–Crippen MR) is 126 cm³/mol. The molecule has 162 valence electrons. The lowest BCUT2D eigenvalue weighted by Crippen LogP contribution is -2.42. The van der Waals surface area contributed by atoms with E-state index < -0.39 is 11.2 Å². The second kappa shape index (κ2) is 10.4. The number of halogens is 1. The van der Waals surface area contributed by atoms with Crippen molar-refractivity contribution < 1.29 is 4.79 Å². The third-order valence-corrected chi connectivity index (χ3v) is 5.84. The molecule has 3 N–H and O–H groups in total. The van der Waals surface area contributed by atoms with E-state index in [0.29, 0.717) is 18.0 Å². The van der Waals surface area contributed by atoms with Gasteiger partial charge in [-0.25, -0.2) is 4.79 Å². The number of thioether (sulfide) groups is 1. The molecule has 0 radical (unpaired) electrons. The van der Waals surface area contributed by atoms with Crippen molar-refractivity contribution in [3.8, 4) is 0 Å². The van der Waals surface area contributed by atoms with Crippen LogP contribution in [-0.2, 0) is 11.3 Å². The lowest BCUT2D eigenvalue weighted by molar-refractivity contribution is -0.116. The van der Waals surface area contributed by atoms with E-state index in [4.69, 9.17) is 17.3 Å². The van der Waals surface area contributed by atoms with E-state index in [1.165, 1.54) is 21.2 Å². The summed E-state index contributed by atoms with van der Waals surface area (Å²) in [6.45, 7) is 2.39. The number of nitrogens with two attached hydrogens (primary N) is 1. The van der Waals surface area contributed by atoms with Gasteiger partial charge in [0, 0.05) is 16.5 Å². The summed E-state index contributed by atoms with van der Waals surface area (Å²) in [5.41, 5.74) is 5.81. The van der Waals surface area contributed by atoms with Crippen LogP contribution in [-0.4, -0.2) is 27.8 Å². The van der Waals surface area contributed by atoms with Crippen LogP contribution < -0.4 is 21.9 Å². The van der Waals surface area contributed by atoms with Crippen molar-refractivity contribution >= 4 is 40.8 Å². The smallest absolute Gasteiger partial charge is 0.330 e. The van der Waals surface area contributed by atoms with E-state index in [2.05, 4.69) is 4.98 Å². The average molecular weight is 459 g/mol. The zero-order valence-corrected chi connectivity index (χ0v) is 18.6. The summed E-state index contributed by atoms with van der Waals surface area (Å²) in [5.74, 6) is -0.196. The first kappa shape index (κ1) is 22.7. The maximum absolute atomic E-state index is 13.0. The highest BCUT2D eigenvalue weighted by Gasteiger charge is 2.23. The standard InChI is InChI=1S/C22H23ClN4O3S/c1-2-12-26(18(28)14-31-17-10-8-16(23)9-11-17)19-20(24)27(22(30)25-21(19)29)13-15-6-4-3-5-7-15/h3-11H,2,12-14,24H2,1H3,(H,25,29,30). The minimum Gasteiger partial charge on any atom is -0.383 e. The molecule has 3 rings (SSSR count). The van der Waals surface area contributed by atoms with Gasteiger partial charge in [0.1, 0.15) is 5.82 Å². The highest BCUT2D eigenvalue weighted by molar-refractivity contribution is 8.00. The van der Waals surface area contributed by atoms with Crippen LogP contribution in [0, 0.1) is 0 Å². The molecule has 31 heavy (non-hydrogen) atoms. The second-order valence-electron chi connectivity index (χ2n) is 6.85. The molecule has 0 spiro atoms. The number of H-pyrrole nitrogens is 1. The van der Waals surface area contributed by atoms with E-state index in [9.17, 15) is 14.4 Å². The van der Waals surface area contributed by atoms with Crippen LogP contribution in [0.3, 0.4) is 0 Å². The van der Waals surface area contributed by atoms with Crippen LogP contribution >= 0.6 is 23.4 Å². The molecular formula is C22H23ClN4O3S. The average Bonchev–Trinajstić information content (AvgIpc) is 2.76. The Morgan fingerprint density at radius 3 is 2.45 bits per heavy atom. The van der Waals surface area contributed by atoms with Gasteiger partial charge in [-0.1, -0.05) is 48.9 Å². The van der Waals surface area contributed by atoms with Gasteiger partial charge in [-0.2, -0.15) is 0 Å². The molecule has 1 heterocycles. The van der Waals surface area contributed by atoms with Gasteiger partial charge in [-0.05, 0) is 36.2 Å². The molecule has 2 aromatic carbocycles. The first-order chi connectivity index (χ1) is 14.9. The Bertz CT molecular complexity index is 1160. The Balaban J connectivity index is 1.91. The zero-order valence-electron chi connectivity index (χ0n) is 17.0. The van der Waals surface area contributed by atoms with E-state index in [1.807, 2.05) is 49.4 Å². The number of hydrogen-bond acceptors (Lipinski definition) is 5. The van der Waals surface area contributed by atoms with Crippen molar-refractivity contribution in [3.63, 3.8) is 0 Å². The normalized spacial score (nSPS) is 10.8. The van der Waals surface area contributed by atoms with Gasteiger partial charge < -0.3 is 10.6 Å². The number of anilines is 2. The summed E-state index contributed by atoms with van der Waals surface area (Å²) < 4.78 is 1.27. The van der Waals surface area contributed by atoms with Crippen LogP contribution in [0.2, 0.25) is 5.02 Å². The van der Waals surface area contributed by atoms with Crippen molar-refractivity contribution in [1.82, 2.24) is 9.55 Å². The van der Waals surface area contributed by atoms with E-state index in [1.54, 1.807) is 12.1 Å². The van der Waals surface area contributed by atoms with Gasteiger partial charge in [-0.3, -0.25) is 19.1 Å². The number of amides is 1. The number of rotatable bonds is 8. The van der Waals surface area contributed by atoms with Gasteiger partial charge in [0.15, 0.2) is 5.69 Å². The minimum atomic E-state index is -0.676. The number of benzene rings is 2. The predicted octanol–water partition coefficient (Wildman–Crippen LogP) is 3.36. The molecule has 1 aromatic heterocycles. The molecule has 0 aliphatic carbocycles. The van der Waals surface area contributed by atoms with E-state index in [0.717, 1.165) is 10.5 Å². The molecular weight excluding hydrogens is 436 g/mol. The highest BCUT2D eigenvalue weighted by Crippen LogP contribution is 2.23. The molecule has 1 amide bonds. The Morgan fingerprint density at radius 2 is 1.81 bits per heavy atom. The molecule has 0 aliphatic heterocycles. The highest BCUT2D eigenvalue weighted by atomic mass is 35.5. The molecule has 0 aliphatic rings. The summed E-state index contributed by atoms with van der Waals surface area (Å²) in [7, 11) is 0. The first-order valence-electron chi connectivity index (χ1n) is 9.76. The van der Waals surface area contributed by atoms with Crippen LogP contribution in [0.1, 0.15) is 18.9 Å². The van der Waals surface area contributed by atoms with E-state index >= 15 is 0 Å².